The van der Waals surface area contributed by atoms with Crippen molar-refractivity contribution in [1.82, 2.24) is 15.2 Å². The van der Waals surface area contributed by atoms with E-state index in [-0.39, 0.29) is 5.91 Å². The third-order valence-electron chi connectivity index (χ3n) is 5.57. The van der Waals surface area contributed by atoms with Crippen LogP contribution < -0.4 is 5.32 Å². The Kier molecular flexibility index (Phi) is 7.78. The first-order chi connectivity index (χ1) is 14.8. The lowest BCUT2D eigenvalue weighted by Gasteiger charge is -2.32. The Morgan fingerprint density at radius 2 is 2.00 bits per heavy atom. The topological polar surface area (TPSA) is 45.2 Å². The first-order valence-corrected chi connectivity index (χ1v) is 12.6. The lowest BCUT2D eigenvalue weighted by Crippen LogP contribution is -2.41. The van der Waals surface area contributed by atoms with E-state index >= 15 is 0 Å². The molecule has 2 aromatic carbocycles. The van der Waals surface area contributed by atoms with Crippen molar-refractivity contribution >= 4 is 39.2 Å². The van der Waals surface area contributed by atoms with Crippen LogP contribution in [0.4, 0.5) is 0 Å². The van der Waals surface area contributed by atoms with Crippen molar-refractivity contribution in [3.63, 3.8) is 0 Å². The fourth-order valence-corrected chi connectivity index (χ4v) is 5.92. The normalized spacial score (nSPS) is 17.3. The van der Waals surface area contributed by atoms with Crippen molar-refractivity contribution in [3.8, 4) is 0 Å². The highest BCUT2D eigenvalue weighted by Crippen LogP contribution is 2.29. The second-order valence-electron chi connectivity index (χ2n) is 7.94. The Balaban J connectivity index is 1.14. The van der Waals surface area contributed by atoms with Crippen LogP contribution in [0.5, 0.6) is 0 Å². The molecule has 0 spiro atoms. The Morgan fingerprint density at radius 3 is 2.87 bits per heavy atom. The van der Waals surface area contributed by atoms with E-state index in [1.165, 1.54) is 47.8 Å². The average molecular weight is 440 g/mol. The first kappa shape index (κ1) is 21.3. The standard InChI is InChI=1S/C24H29N3OS2/c28-23(18-29-24-26-21-12-4-5-13-22(21)30-24)25-16-20-11-7-15-27(17-20)14-6-10-19-8-2-1-3-9-19/h1-5,8-9,12-13,20H,6-7,10-11,14-18H2,(H,25,28). The van der Waals surface area contributed by atoms with Gasteiger partial charge >= 0.3 is 0 Å². The fraction of sp³-hybridized carbons (Fsp3) is 0.417. The van der Waals surface area contributed by atoms with Crippen LogP contribution in [0.25, 0.3) is 10.2 Å². The number of aryl methyl sites for hydroxylation is 1. The van der Waals surface area contributed by atoms with E-state index in [9.17, 15) is 4.79 Å². The Bertz CT molecular complexity index is 911. The average Bonchev–Trinajstić information content (AvgIpc) is 3.20. The van der Waals surface area contributed by atoms with Crippen LogP contribution in [0.3, 0.4) is 0 Å². The Labute approximate surface area is 187 Å². The molecule has 0 aliphatic carbocycles. The molecule has 1 amide bonds. The zero-order chi connectivity index (χ0) is 20.6. The molecule has 1 atom stereocenters. The van der Waals surface area contributed by atoms with E-state index in [0.717, 1.165) is 35.9 Å². The maximum atomic E-state index is 12.3. The van der Waals surface area contributed by atoms with Gasteiger partial charge in [-0.3, -0.25) is 4.79 Å². The number of aromatic nitrogens is 1. The number of nitrogens with one attached hydrogen (secondary N) is 1. The summed E-state index contributed by atoms with van der Waals surface area (Å²) in [6.45, 7) is 4.22. The predicted octanol–water partition coefficient (Wildman–Crippen LogP) is 4.85. The summed E-state index contributed by atoms with van der Waals surface area (Å²) in [5.41, 5.74) is 2.43. The van der Waals surface area contributed by atoms with Gasteiger partial charge in [0.05, 0.1) is 16.0 Å². The van der Waals surface area contributed by atoms with Gasteiger partial charge in [-0.2, -0.15) is 0 Å². The second-order valence-corrected chi connectivity index (χ2v) is 10.2. The van der Waals surface area contributed by atoms with Crippen molar-refractivity contribution in [3.05, 3.63) is 60.2 Å². The largest absolute Gasteiger partial charge is 0.355 e. The van der Waals surface area contributed by atoms with Gasteiger partial charge in [-0.05, 0) is 62.4 Å². The van der Waals surface area contributed by atoms with Crippen molar-refractivity contribution in [2.45, 2.75) is 30.0 Å². The van der Waals surface area contributed by atoms with Gasteiger partial charge in [-0.25, -0.2) is 4.98 Å². The minimum Gasteiger partial charge on any atom is -0.355 e. The number of thioether (sulfide) groups is 1. The lowest BCUT2D eigenvalue weighted by atomic mass is 9.97. The number of para-hydroxylation sites is 1. The number of thiazole rings is 1. The number of carbonyl (C=O) groups excluding carboxylic acids is 1. The van der Waals surface area contributed by atoms with Gasteiger partial charge in [0.15, 0.2) is 4.34 Å². The SMILES string of the molecule is O=C(CSc1nc2ccccc2s1)NCC1CCCN(CCCc2ccccc2)C1. The van der Waals surface area contributed by atoms with E-state index in [4.69, 9.17) is 0 Å². The van der Waals surface area contributed by atoms with Crippen molar-refractivity contribution in [1.29, 1.82) is 0 Å². The summed E-state index contributed by atoms with van der Waals surface area (Å²) in [6.07, 6.45) is 4.77. The maximum absolute atomic E-state index is 12.3. The van der Waals surface area contributed by atoms with Gasteiger partial charge in [0.25, 0.3) is 0 Å². The molecule has 30 heavy (non-hydrogen) atoms. The summed E-state index contributed by atoms with van der Waals surface area (Å²) < 4.78 is 2.14. The van der Waals surface area contributed by atoms with E-state index in [1.807, 2.05) is 18.2 Å². The highest BCUT2D eigenvalue weighted by atomic mass is 32.2. The van der Waals surface area contributed by atoms with Crippen molar-refractivity contribution < 1.29 is 4.79 Å². The Morgan fingerprint density at radius 1 is 1.17 bits per heavy atom. The third-order valence-corrected chi connectivity index (χ3v) is 7.75. The molecule has 6 heteroatoms. The molecule has 4 nitrogen and oxygen atoms in total. The number of carbonyl (C=O) groups is 1. The zero-order valence-corrected chi connectivity index (χ0v) is 18.9. The third kappa shape index (κ3) is 6.30. The second kappa shape index (κ2) is 10.9. The van der Waals surface area contributed by atoms with Gasteiger partial charge in [-0.1, -0.05) is 54.2 Å². The molecule has 0 radical (unpaired) electrons. The summed E-state index contributed by atoms with van der Waals surface area (Å²) in [5, 5.41) is 3.15. The highest BCUT2D eigenvalue weighted by molar-refractivity contribution is 8.01. The minimum absolute atomic E-state index is 0.112. The molecule has 1 aromatic heterocycles. The number of hydrogen-bond donors (Lipinski definition) is 1. The molecule has 0 bridgehead atoms. The van der Waals surface area contributed by atoms with Gasteiger partial charge in [0.2, 0.25) is 5.91 Å². The molecular weight excluding hydrogens is 410 g/mol. The number of rotatable bonds is 9. The van der Waals surface area contributed by atoms with Gasteiger partial charge < -0.3 is 10.2 Å². The van der Waals surface area contributed by atoms with E-state index in [1.54, 1.807) is 11.3 Å². The molecule has 2 heterocycles. The van der Waals surface area contributed by atoms with Crippen LogP contribution >= 0.6 is 23.1 Å². The molecular formula is C24H29N3OS2. The predicted molar refractivity (Wildman–Crippen MR) is 127 cm³/mol. The maximum Gasteiger partial charge on any atom is 0.230 e. The monoisotopic (exact) mass is 439 g/mol. The van der Waals surface area contributed by atoms with Crippen molar-refractivity contribution in [2.24, 2.45) is 5.92 Å². The van der Waals surface area contributed by atoms with Gasteiger partial charge in [0, 0.05) is 13.1 Å². The molecule has 0 saturated carbocycles. The number of fused-ring (bicyclic) bond motifs is 1. The Hall–Kier alpha value is -1.89. The summed E-state index contributed by atoms with van der Waals surface area (Å²) in [7, 11) is 0. The zero-order valence-electron chi connectivity index (χ0n) is 17.3. The van der Waals surface area contributed by atoms with Crippen LogP contribution in [0.1, 0.15) is 24.8 Å². The highest BCUT2D eigenvalue weighted by Gasteiger charge is 2.20. The van der Waals surface area contributed by atoms with E-state index in [2.05, 4.69) is 51.6 Å². The number of benzene rings is 2. The number of likely N-dealkylation sites (tertiary alicyclic amines) is 1. The molecule has 4 rings (SSSR count). The molecule has 1 unspecified atom stereocenters. The molecule has 1 aliphatic rings. The first-order valence-electron chi connectivity index (χ1n) is 10.8. The quantitative estimate of drug-likeness (QED) is 0.484. The molecule has 1 N–H and O–H groups in total. The molecule has 1 saturated heterocycles. The smallest absolute Gasteiger partial charge is 0.230 e. The van der Waals surface area contributed by atoms with Gasteiger partial charge in [-0.15, -0.1) is 11.3 Å². The summed E-state index contributed by atoms with van der Waals surface area (Å²) >= 11 is 3.19. The number of hydrogen-bond acceptors (Lipinski definition) is 5. The van der Waals surface area contributed by atoms with Crippen LogP contribution in [-0.4, -0.2) is 47.7 Å². The molecule has 158 valence electrons. The van der Waals surface area contributed by atoms with E-state index in [0.29, 0.717) is 11.7 Å². The summed E-state index contributed by atoms with van der Waals surface area (Å²) in [4.78, 5) is 19.5. The summed E-state index contributed by atoms with van der Waals surface area (Å²) in [5.74, 6) is 1.11. The number of piperidine rings is 1. The minimum atomic E-state index is 0.112. The lowest BCUT2D eigenvalue weighted by molar-refractivity contribution is -0.118. The van der Waals surface area contributed by atoms with E-state index < -0.39 is 0 Å². The van der Waals surface area contributed by atoms with Crippen molar-refractivity contribution in [2.75, 3.05) is 31.9 Å². The van der Waals surface area contributed by atoms with Crippen LogP contribution in [0, 0.1) is 5.92 Å². The number of nitrogens with zero attached hydrogens (tertiary/aromatic N) is 2. The molecule has 1 aliphatic heterocycles. The number of amides is 1. The van der Waals surface area contributed by atoms with Crippen LogP contribution in [-0.2, 0) is 11.2 Å². The van der Waals surface area contributed by atoms with Gasteiger partial charge in [0.1, 0.15) is 0 Å². The van der Waals surface area contributed by atoms with Crippen LogP contribution in [0.15, 0.2) is 58.9 Å². The fourth-order valence-electron chi connectivity index (χ4n) is 4.02. The van der Waals surface area contributed by atoms with Crippen LogP contribution in [0.2, 0.25) is 0 Å². The molecule has 3 aromatic rings. The summed E-state index contributed by atoms with van der Waals surface area (Å²) in [6, 6.07) is 18.8. The molecule has 1 fully saturated rings.